The van der Waals surface area contributed by atoms with Crippen LogP contribution in [0.4, 0.5) is 10.1 Å². The van der Waals surface area contributed by atoms with E-state index in [4.69, 9.17) is 4.52 Å². The number of nitrogens with one attached hydrogen (secondary N) is 1. The van der Waals surface area contributed by atoms with E-state index in [1.807, 2.05) is 26.0 Å². The first-order chi connectivity index (χ1) is 13.1. The molecule has 1 aliphatic rings. The molecule has 0 amide bonds. The number of halogens is 1. The van der Waals surface area contributed by atoms with Crippen LogP contribution in [0.5, 0.6) is 0 Å². The third kappa shape index (κ3) is 4.75. The summed E-state index contributed by atoms with van der Waals surface area (Å²) in [6.07, 6.45) is 0.647. The number of para-hydroxylation sites is 1. The Morgan fingerprint density at radius 1 is 1.26 bits per heavy atom. The van der Waals surface area contributed by atoms with Crippen LogP contribution in [0, 0.1) is 5.82 Å². The predicted octanol–water partition coefficient (Wildman–Crippen LogP) is 2.27. The number of benzene rings is 1. The molecule has 0 spiro atoms. The highest BCUT2D eigenvalue weighted by Crippen LogP contribution is 2.20. The third-order valence-electron chi connectivity index (χ3n) is 4.61. The third-order valence-corrected chi connectivity index (χ3v) is 4.61. The van der Waals surface area contributed by atoms with Gasteiger partial charge in [-0.2, -0.15) is 4.98 Å². The highest BCUT2D eigenvalue weighted by molar-refractivity contribution is 5.80. The fourth-order valence-corrected chi connectivity index (χ4v) is 3.08. The van der Waals surface area contributed by atoms with Crippen molar-refractivity contribution in [3.63, 3.8) is 0 Å². The van der Waals surface area contributed by atoms with Gasteiger partial charge in [0, 0.05) is 52.1 Å². The van der Waals surface area contributed by atoms with Crippen molar-refractivity contribution >= 4 is 11.6 Å². The molecule has 1 saturated heterocycles. The molecule has 7 nitrogen and oxygen atoms in total. The molecular formula is C19H27FN6O. The molecule has 0 bridgehead atoms. The predicted molar refractivity (Wildman–Crippen MR) is 104 cm³/mol. The Balaban J connectivity index is 1.48. The summed E-state index contributed by atoms with van der Waals surface area (Å²) >= 11 is 0. The number of anilines is 1. The summed E-state index contributed by atoms with van der Waals surface area (Å²) in [5.41, 5.74) is 0.664. The van der Waals surface area contributed by atoms with Gasteiger partial charge in [-0.25, -0.2) is 4.39 Å². The van der Waals surface area contributed by atoms with E-state index in [9.17, 15) is 4.39 Å². The normalized spacial score (nSPS) is 15.5. The molecular weight excluding hydrogens is 347 g/mol. The number of piperazine rings is 1. The molecule has 27 heavy (non-hydrogen) atoms. The maximum absolute atomic E-state index is 14.0. The van der Waals surface area contributed by atoms with E-state index in [-0.39, 0.29) is 11.7 Å². The van der Waals surface area contributed by atoms with Crippen molar-refractivity contribution in [2.45, 2.75) is 26.2 Å². The topological polar surface area (TPSA) is 69.8 Å². The van der Waals surface area contributed by atoms with Gasteiger partial charge in [0.15, 0.2) is 11.8 Å². The number of hydrogen-bond acceptors (Lipinski definition) is 5. The molecule has 146 valence electrons. The van der Waals surface area contributed by atoms with Gasteiger partial charge in [0.2, 0.25) is 5.89 Å². The van der Waals surface area contributed by atoms with Gasteiger partial charge in [-0.05, 0) is 12.1 Å². The van der Waals surface area contributed by atoms with Crippen LogP contribution in [0.2, 0.25) is 0 Å². The van der Waals surface area contributed by atoms with Crippen molar-refractivity contribution in [2.24, 2.45) is 4.99 Å². The maximum Gasteiger partial charge on any atom is 0.228 e. The molecule has 1 fully saturated rings. The van der Waals surface area contributed by atoms with Gasteiger partial charge in [-0.1, -0.05) is 31.1 Å². The number of aromatic nitrogens is 2. The van der Waals surface area contributed by atoms with Crippen LogP contribution in [-0.2, 0) is 6.42 Å². The van der Waals surface area contributed by atoms with Crippen LogP contribution in [-0.4, -0.2) is 60.8 Å². The molecule has 8 heteroatoms. The molecule has 2 heterocycles. The van der Waals surface area contributed by atoms with Crippen molar-refractivity contribution < 1.29 is 8.91 Å². The van der Waals surface area contributed by atoms with Crippen LogP contribution >= 0.6 is 0 Å². The zero-order chi connectivity index (χ0) is 19.2. The molecule has 0 atom stereocenters. The van der Waals surface area contributed by atoms with E-state index >= 15 is 0 Å². The Morgan fingerprint density at radius 2 is 2.00 bits per heavy atom. The molecule has 3 rings (SSSR count). The van der Waals surface area contributed by atoms with Gasteiger partial charge in [0.1, 0.15) is 5.82 Å². The zero-order valence-corrected chi connectivity index (χ0v) is 16.2. The first-order valence-corrected chi connectivity index (χ1v) is 9.36. The number of rotatable bonds is 5. The largest absolute Gasteiger partial charge is 0.366 e. The Hall–Kier alpha value is -2.64. The Kier molecular flexibility index (Phi) is 6.26. The van der Waals surface area contributed by atoms with Crippen LogP contribution in [0.15, 0.2) is 33.8 Å². The fraction of sp³-hybridized carbons (Fsp3) is 0.526. The fourth-order valence-electron chi connectivity index (χ4n) is 3.08. The highest BCUT2D eigenvalue weighted by Gasteiger charge is 2.21. The monoisotopic (exact) mass is 374 g/mol. The van der Waals surface area contributed by atoms with E-state index in [2.05, 4.69) is 30.2 Å². The second-order valence-corrected chi connectivity index (χ2v) is 6.85. The lowest BCUT2D eigenvalue weighted by molar-refractivity contribution is 0.361. The minimum atomic E-state index is -0.172. The molecule has 2 aromatic rings. The van der Waals surface area contributed by atoms with E-state index in [1.54, 1.807) is 13.1 Å². The molecule has 0 unspecified atom stereocenters. The molecule has 1 aromatic carbocycles. The summed E-state index contributed by atoms with van der Waals surface area (Å²) in [6, 6.07) is 6.92. The molecule has 1 aliphatic heterocycles. The first kappa shape index (κ1) is 19.1. The standard InChI is InChI=1S/C19H27FN6O/c1-14(2)18-23-17(27-24-18)8-9-22-19(21-3)26-12-10-25(11-13-26)16-7-5-4-6-15(16)20/h4-7,14H,8-13H2,1-3H3,(H,21,22). The second kappa shape index (κ2) is 8.83. The summed E-state index contributed by atoms with van der Waals surface area (Å²) in [6.45, 7) is 7.81. The SMILES string of the molecule is CN=C(NCCc1nc(C(C)C)no1)N1CCN(c2ccccc2F)CC1. The summed E-state index contributed by atoms with van der Waals surface area (Å²) in [5, 5.41) is 7.32. The Labute approximate surface area is 159 Å². The number of guanidine groups is 1. The summed E-state index contributed by atoms with van der Waals surface area (Å²) < 4.78 is 19.2. The first-order valence-electron chi connectivity index (χ1n) is 9.36. The van der Waals surface area contributed by atoms with Crippen molar-refractivity contribution in [1.29, 1.82) is 0 Å². The van der Waals surface area contributed by atoms with E-state index in [0.717, 1.165) is 38.0 Å². The van der Waals surface area contributed by atoms with Gasteiger partial charge in [0.05, 0.1) is 5.69 Å². The molecule has 0 aliphatic carbocycles. The molecule has 0 radical (unpaired) electrons. The quantitative estimate of drug-likeness (QED) is 0.640. The summed E-state index contributed by atoms with van der Waals surface area (Å²) in [7, 11) is 1.77. The van der Waals surface area contributed by atoms with Crippen molar-refractivity contribution in [2.75, 3.05) is 44.7 Å². The number of nitrogens with zero attached hydrogens (tertiary/aromatic N) is 5. The van der Waals surface area contributed by atoms with Crippen LogP contribution in [0.3, 0.4) is 0 Å². The van der Waals surface area contributed by atoms with Gasteiger partial charge < -0.3 is 19.6 Å². The number of hydrogen-bond donors (Lipinski definition) is 1. The lowest BCUT2D eigenvalue weighted by Gasteiger charge is -2.37. The molecule has 1 N–H and O–H groups in total. The Morgan fingerprint density at radius 3 is 2.63 bits per heavy atom. The number of aliphatic imine (C=N–C) groups is 1. The van der Waals surface area contributed by atoms with Crippen molar-refractivity contribution in [1.82, 2.24) is 20.4 Å². The average Bonchev–Trinajstić information content (AvgIpc) is 3.15. The Bertz CT molecular complexity index is 767. The highest BCUT2D eigenvalue weighted by atomic mass is 19.1. The van der Waals surface area contributed by atoms with E-state index in [1.165, 1.54) is 6.07 Å². The molecule has 1 aromatic heterocycles. The van der Waals surface area contributed by atoms with Gasteiger partial charge in [-0.15, -0.1) is 0 Å². The minimum absolute atomic E-state index is 0.172. The summed E-state index contributed by atoms with van der Waals surface area (Å²) in [5.74, 6) is 2.29. The average molecular weight is 374 g/mol. The van der Waals surface area contributed by atoms with E-state index in [0.29, 0.717) is 24.5 Å². The lowest BCUT2D eigenvalue weighted by atomic mass is 10.2. The zero-order valence-electron chi connectivity index (χ0n) is 16.2. The van der Waals surface area contributed by atoms with Crippen LogP contribution in [0.25, 0.3) is 0 Å². The van der Waals surface area contributed by atoms with Crippen LogP contribution < -0.4 is 10.2 Å². The smallest absolute Gasteiger partial charge is 0.228 e. The maximum atomic E-state index is 14.0. The van der Waals surface area contributed by atoms with Crippen molar-refractivity contribution in [3.05, 3.63) is 41.8 Å². The van der Waals surface area contributed by atoms with Gasteiger partial charge >= 0.3 is 0 Å². The second-order valence-electron chi connectivity index (χ2n) is 6.85. The molecule has 0 saturated carbocycles. The van der Waals surface area contributed by atoms with E-state index < -0.39 is 0 Å². The van der Waals surface area contributed by atoms with Crippen LogP contribution in [0.1, 0.15) is 31.5 Å². The minimum Gasteiger partial charge on any atom is -0.366 e. The van der Waals surface area contributed by atoms with Gasteiger partial charge in [0.25, 0.3) is 0 Å². The van der Waals surface area contributed by atoms with Gasteiger partial charge in [-0.3, -0.25) is 4.99 Å². The lowest BCUT2D eigenvalue weighted by Crippen LogP contribution is -2.53. The summed E-state index contributed by atoms with van der Waals surface area (Å²) in [4.78, 5) is 13.0. The van der Waals surface area contributed by atoms with Crippen molar-refractivity contribution in [3.8, 4) is 0 Å².